The van der Waals surface area contributed by atoms with Crippen LogP contribution in [0.3, 0.4) is 0 Å². The number of nitrogens with one attached hydrogen (secondary N) is 4. The van der Waals surface area contributed by atoms with Gasteiger partial charge >= 0.3 is 0 Å². The minimum Gasteiger partial charge on any atom is -0.494 e. The summed E-state index contributed by atoms with van der Waals surface area (Å²) in [4.78, 5) is 23.9. The maximum Gasteiger partial charge on any atom is 0.261 e. The molecule has 2 amide bonds. The van der Waals surface area contributed by atoms with Gasteiger partial charge in [-0.15, -0.1) is 0 Å². The first-order valence-electron chi connectivity index (χ1n) is 8.59. The van der Waals surface area contributed by atoms with Gasteiger partial charge in [-0.1, -0.05) is 30.1 Å². The van der Waals surface area contributed by atoms with Crippen molar-refractivity contribution in [3.8, 4) is 5.75 Å². The van der Waals surface area contributed by atoms with E-state index < -0.39 is 5.91 Å². The molecule has 0 aliphatic heterocycles. The van der Waals surface area contributed by atoms with Crippen molar-refractivity contribution in [2.24, 2.45) is 0 Å². The van der Waals surface area contributed by atoms with E-state index in [-0.39, 0.29) is 32.5 Å². The molecule has 0 fully saturated rings. The Morgan fingerprint density at radius 2 is 1.50 bits per heavy atom. The highest BCUT2D eigenvalue weighted by atomic mass is 35.5. The van der Waals surface area contributed by atoms with Crippen LogP contribution in [0, 0.1) is 0 Å². The Balaban J connectivity index is 1.98. The van der Waals surface area contributed by atoms with Gasteiger partial charge in [-0.2, -0.15) is 0 Å². The number of hydrogen-bond donors (Lipinski definition) is 4. The van der Waals surface area contributed by atoms with Crippen LogP contribution in [-0.4, -0.2) is 29.1 Å². The minimum atomic E-state index is -0.524. The third-order valence-corrected chi connectivity index (χ3v) is 4.57. The zero-order valence-corrected chi connectivity index (χ0v) is 19.1. The molecule has 11 heteroatoms. The predicted octanol–water partition coefficient (Wildman–Crippen LogP) is 4.35. The Morgan fingerprint density at radius 3 is 2.00 bits per heavy atom. The standard InChI is InChI=1S/C19H18Cl2N4O3S2/c1-3-15(26)24-18(29)22-11-4-6-12(7-5-11)23-19(30)25-17(27)13-8-10(20)9-14(21)16(13)28-2/h4-9H,3H2,1-2H3,(H2,22,24,26,29)(H2,23,25,27,30). The molecule has 0 radical (unpaired) electrons. The monoisotopic (exact) mass is 484 g/mol. The third kappa shape index (κ3) is 6.81. The van der Waals surface area contributed by atoms with Crippen LogP contribution in [0.25, 0.3) is 0 Å². The predicted molar refractivity (Wildman–Crippen MR) is 128 cm³/mol. The maximum absolute atomic E-state index is 12.5. The number of carbonyl (C=O) groups is 2. The van der Waals surface area contributed by atoms with Gasteiger partial charge < -0.3 is 20.7 Å². The van der Waals surface area contributed by atoms with Crippen LogP contribution < -0.4 is 26.0 Å². The Labute approximate surface area is 194 Å². The van der Waals surface area contributed by atoms with E-state index in [1.165, 1.54) is 19.2 Å². The Morgan fingerprint density at radius 1 is 0.967 bits per heavy atom. The van der Waals surface area contributed by atoms with Crippen molar-refractivity contribution in [1.29, 1.82) is 0 Å². The average Bonchev–Trinajstić information content (AvgIpc) is 2.68. The van der Waals surface area contributed by atoms with Crippen molar-refractivity contribution in [1.82, 2.24) is 10.6 Å². The van der Waals surface area contributed by atoms with Crippen molar-refractivity contribution >= 4 is 81.1 Å². The van der Waals surface area contributed by atoms with Crippen molar-refractivity contribution < 1.29 is 14.3 Å². The van der Waals surface area contributed by atoms with Gasteiger partial charge in [-0.05, 0) is 60.8 Å². The molecule has 30 heavy (non-hydrogen) atoms. The smallest absolute Gasteiger partial charge is 0.261 e. The van der Waals surface area contributed by atoms with E-state index in [2.05, 4.69) is 21.3 Å². The first kappa shape index (κ1) is 23.8. The van der Waals surface area contributed by atoms with Gasteiger partial charge in [-0.25, -0.2) is 0 Å². The summed E-state index contributed by atoms with van der Waals surface area (Å²) in [5, 5.41) is 11.7. The summed E-state index contributed by atoms with van der Waals surface area (Å²) in [5.41, 5.74) is 1.46. The fraction of sp³-hybridized carbons (Fsp3) is 0.158. The zero-order valence-electron chi connectivity index (χ0n) is 16.0. The van der Waals surface area contributed by atoms with E-state index >= 15 is 0 Å². The molecule has 0 heterocycles. The number of rotatable bonds is 5. The van der Waals surface area contributed by atoms with Gasteiger partial charge in [0.15, 0.2) is 10.2 Å². The normalized spacial score (nSPS) is 10.0. The van der Waals surface area contributed by atoms with Crippen LogP contribution in [0.1, 0.15) is 23.7 Å². The second kappa shape index (κ2) is 11.1. The molecule has 4 N–H and O–H groups in total. The molecule has 0 aliphatic carbocycles. The molecular formula is C19H18Cl2N4O3S2. The second-order valence-electron chi connectivity index (χ2n) is 5.81. The SMILES string of the molecule is CCC(=O)NC(=S)Nc1ccc(NC(=S)NC(=O)c2cc(Cl)cc(Cl)c2OC)cc1. The van der Waals surface area contributed by atoms with Crippen LogP contribution in [0.15, 0.2) is 36.4 Å². The first-order chi connectivity index (χ1) is 14.2. The summed E-state index contributed by atoms with van der Waals surface area (Å²) in [5.74, 6) is -0.503. The highest BCUT2D eigenvalue weighted by Gasteiger charge is 2.18. The van der Waals surface area contributed by atoms with E-state index in [1.807, 2.05) is 0 Å². The zero-order chi connectivity index (χ0) is 22.3. The van der Waals surface area contributed by atoms with Crippen molar-refractivity contribution in [2.75, 3.05) is 17.7 Å². The number of anilines is 2. The summed E-state index contributed by atoms with van der Waals surface area (Å²) >= 11 is 22.3. The van der Waals surface area contributed by atoms with Crippen molar-refractivity contribution in [3.63, 3.8) is 0 Å². The molecule has 2 rings (SSSR count). The van der Waals surface area contributed by atoms with Gasteiger partial charge in [0.2, 0.25) is 5.91 Å². The van der Waals surface area contributed by atoms with Gasteiger partial charge in [-0.3, -0.25) is 14.9 Å². The number of methoxy groups -OCH3 is 1. The quantitative estimate of drug-likeness (QED) is 0.468. The minimum absolute atomic E-state index is 0.0737. The molecule has 0 spiro atoms. The van der Waals surface area contributed by atoms with E-state index in [0.717, 1.165) is 0 Å². The molecule has 0 aliphatic rings. The topological polar surface area (TPSA) is 91.5 Å². The molecular weight excluding hydrogens is 467 g/mol. The fourth-order valence-corrected chi connectivity index (χ4v) is 3.30. The summed E-state index contributed by atoms with van der Waals surface area (Å²) in [6.07, 6.45) is 0.334. The Kier molecular flexibility index (Phi) is 8.79. The van der Waals surface area contributed by atoms with E-state index in [1.54, 1.807) is 31.2 Å². The lowest BCUT2D eigenvalue weighted by Crippen LogP contribution is -2.34. The fourth-order valence-electron chi connectivity index (χ4n) is 2.28. The average molecular weight is 485 g/mol. The summed E-state index contributed by atoms with van der Waals surface area (Å²) in [6, 6.07) is 9.83. The molecule has 2 aromatic carbocycles. The van der Waals surface area contributed by atoms with Gasteiger partial charge in [0, 0.05) is 22.8 Å². The highest BCUT2D eigenvalue weighted by Crippen LogP contribution is 2.32. The molecule has 2 aromatic rings. The molecule has 0 atom stereocenters. The van der Waals surface area contributed by atoms with E-state index in [4.69, 9.17) is 52.4 Å². The van der Waals surface area contributed by atoms with E-state index in [9.17, 15) is 9.59 Å². The van der Waals surface area contributed by atoms with Crippen LogP contribution in [-0.2, 0) is 4.79 Å². The van der Waals surface area contributed by atoms with Gasteiger partial charge in [0.1, 0.15) is 5.75 Å². The van der Waals surface area contributed by atoms with Gasteiger partial charge in [0.25, 0.3) is 5.91 Å². The lowest BCUT2D eigenvalue weighted by atomic mass is 10.2. The molecule has 0 aromatic heterocycles. The number of hydrogen-bond acceptors (Lipinski definition) is 5. The van der Waals surface area contributed by atoms with E-state index in [0.29, 0.717) is 22.8 Å². The number of amides is 2. The molecule has 0 saturated heterocycles. The Bertz CT molecular complexity index is 984. The molecule has 158 valence electrons. The summed E-state index contributed by atoms with van der Waals surface area (Å²) in [6.45, 7) is 1.73. The highest BCUT2D eigenvalue weighted by molar-refractivity contribution is 7.80. The summed E-state index contributed by atoms with van der Waals surface area (Å²) < 4.78 is 5.17. The second-order valence-corrected chi connectivity index (χ2v) is 7.47. The molecule has 0 bridgehead atoms. The van der Waals surface area contributed by atoms with Crippen LogP contribution in [0.4, 0.5) is 11.4 Å². The summed E-state index contributed by atoms with van der Waals surface area (Å²) in [7, 11) is 1.40. The van der Waals surface area contributed by atoms with Crippen molar-refractivity contribution in [2.45, 2.75) is 13.3 Å². The number of thiocarbonyl (C=S) groups is 2. The lowest BCUT2D eigenvalue weighted by molar-refractivity contribution is -0.119. The van der Waals surface area contributed by atoms with Crippen molar-refractivity contribution in [3.05, 3.63) is 52.0 Å². The first-order valence-corrected chi connectivity index (χ1v) is 10.2. The van der Waals surface area contributed by atoms with Crippen LogP contribution in [0.2, 0.25) is 10.0 Å². The van der Waals surface area contributed by atoms with Crippen LogP contribution in [0.5, 0.6) is 5.75 Å². The maximum atomic E-state index is 12.5. The Hall–Kier alpha value is -2.46. The molecule has 0 saturated carbocycles. The number of halogens is 2. The van der Waals surface area contributed by atoms with Gasteiger partial charge in [0.05, 0.1) is 17.7 Å². The third-order valence-electron chi connectivity index (χ3n) is 3.66. The number of benzene rings is 2. The van der Waals surface area contributed by atoms with Crippen LogP contribution >= 0.6 is 47.6 Å². The lowest BCUT2D eigenvalue weighted by Gasteiger charge is -2.13. The number of carbonyl (C=O) groups excluding carboxylic acids is 2. The molecule has 7 nitrogen and oxygen atoms in total. The molecule has 0 unspecified atom stereocenters. The number of ether oxygens (including phenoxy) is 1. The largest absolute Gasteiger partial charge is 0.494 e.